The van der Waals surface area contributed by atoms with Gasteiger partial charge in [0.1, 0.15) is 122 Å². The summed E-state index contributed by atoms with van der Waals surface area (Å²) in [5.41, 5.74) is 5.24. The summed E-state index contributed by atoms with van der Waals surface area (Å²) in [7, 11) is -11.2. The van der Waals surface area contributed by atoms with Crippen molar-refractivity contribution in [3.8, 4) is 0 Å². The Labute approximate surface area is 551 Å². The van der Waals surface area contributed by atoms with Crippen molar-refractivity contribution < 1.29 is 156 Å². The minimum absolute atomic E-state index is 0.0367. The van der Waals surface area contributed by atoms with Crippen molar-refractivity contribution in [3.05, 3.63) is 46.6 Å². The number of amides is 2. The molecule has 0 aromatic rings. The van der Waals surface area contributed by atoms with Gasteiger partial charge < -0.3 is 135 Å². The van der Waals surface area contributed by atoms with Gasteiger partial charge in [0.15, 0.2) is 31.5 Å². The van der Waals surface area contributed by atoms with Crippen LogP contribution in [0.5, 0.6) is 0 Å². The average molecular weight is 1410 g/mol. The molecule has 0 radical (unpaired) electrons. The number of phosphoric acid groups is 2. The number of nitrogens with one attached hydrogen (secondary N) is 2. The number of rotatable bonds is 35. The van der Waals surface area contributed by atoms with E-state index in [1.54, 1.807) is 0 Å². The van der Waals surface area contributed by atoms with Gasteiger partial charge in [-0.2, -0.15) is 4.31 Å². The van der Waals surface area contributed by atoms with E-state index in [9.17, 15) is 100.0 Å². The van der Waals surface area contributed by atoms with Crippen molar-refractivity contribution in [2.45, 2.75) is 267 Å². The highest BCUT2D eigenvalue weighted by Gasteiger charge is 2.57. The summed E-state index contributed by atoms with van der Waals surface area (Å²) < 4.78 is 92.9. The molecule has 0 aromatic carbocycles. The van der Waals surface area contributed by atoms with E-state index < -0.39 is 221 Å². The van der Waals surface area contributed by atoms with E-state index in [1.807, 2.05) is 6.92 Å². The van der Waals surface area contributed by atoms with Crippen LogP contribution in [0.1, 0.15) is 113 Å². The van der Waals surface area contributed by atoms with Gasteiger partial charge in [-0.1, -0.05) is 53.5 Å². The second-order valence-corrected chi connectivity index (χ2v) is 27.9. The zero-order chi connectivity index (χ0) is 70.8. The van der Waals surface area contributed by atoms with E-state index in [0.29, 0.717) is 12.8 Å². The van der Waals surface area contributed by atoms with Gasteiger partial charge in [-0.05, 0) is 98.3 Å². The fourth-order valence-corrected chi connectivity index (χ4v) is 13.4. The zero-order valence-electron chi connectivity index (χ0n) is 54.5. The Morgan fingerprint density at radius 1 is 0.453 bits per heavy atom. The quantitative estimate of drug-likeness (QED) is 0.0232. The van der Waals surface area contributed by atoms with Crippen LogP contribution in [0.3, 0.4) is 0 Å². The summed E-state index contributed by atoms with van der Waals surface area (Å²) in [6.45, 7) is 8.99. The molecule has 18 N–H and O–H groups in total. The van der Waals surface area contributed by atoms with Crippen molar-refractivity contribution >= 4 is 27.5 Å². The number of allylic oxidation sites excluding steroid dienone is 8. The summed E-state index contributed by atoms with van der Waals surface area (Å²) >= 11 is 0. The molecule has 550 valence electrons. The summed E-state index contributed by atoms with van der Waals surface area (Å²) in [6.07, 6.45) is -29.0. The van der Waals surface area contributed by atoms with E-state index >= 15 is 0 Å². The van der Waals surface area contributed by atoms with Crippen molar-refractivity contribution in [1.29, 1.82) is 0 Å². The first kappa shape index (κ1) is 82.9. The molecule has 28 atom stereocenters. The molecule has 36 heteroatoms. The molecule has 5 heterocycles. The Hall–Kier alpha value is -2.76. The zero-order valence-corrected chi connectivity index (χ0v) is 56.3. The van der Waals surface area contributed by atoms with E-state index in [4.69, 9.17) is 51.7 Å². The lowest BCUT2D eigenvalue weighted by atomic mass is 9.94. The number of aliphatic hydroxyl groups excluding tert-OH is 14. The van der Waals surface area contributed by atoms with Crippen LogP contribution in [-0.4, -0.2) is 286 Å². The smallest absolute Gasteiger partial charge is 0.394 e. The molecule has 95 heavy (non-hydrogen) atoms. The van der Waals surface area contributed by atoms with Crippen LogP contribution < -0.4 is 10.6 Å². The molecule has 5 aliphatic heterocycles. The number of hydrogen-bond acceptors (Lipinski definition) is 30. The highest BCUT2D eigenvalue weighted by molar-refractivity contribution is 7.61. The van der Waals surface area contributed by atoms with Gasteiger partial charge in [-0.3, -0.25) is 18.6 Å². The predicted octanol–water partition coefficient (Wildman–Crippen LogP) is -2.43. The van der Waals surface area contributed by atoms with Gasteiger partial charge >= 0.3 is 15.6 Å². The van der Waals surface area contributed by atoms with Crippen LogP contribution >= 0.6 is 15.6 Å². The van der Waals surface area contributed by atoms with Gasteiger partial charge in [0.25, 0.3) is 0 Å². The second-order valence-electron chi connectivity index (χ2n) is 24.9. The van der Waals surface area contributed by atoms with Crippen LogP contribution in [0.15, 0.2) is 46.6 Å². The maximum absolute atomic E-state index is 13.4. The topological polar surface area (TPSA) is 527 Å². The minimum atomic E-state index is -5.79. The second kappa shape index (κ2) is 38.9. The third-order valence-corrected chi connectivity index (χ3v) is 19.3. The molecule has 0 spiro atoms. The number of phosphoric ester groups is 2. The lowest BCUT2D eigenvalue weighted by Crippen LogP contribution is -2.70. The van der Waals surface area contributed by atoms with Crippen molar-refractivity contribution in [2.24, 2.45) is 5.92 Å². The fourth-order valence-electron chi connectivity index (χ4n) is 11.2. The predicted molar refractivity (Wildman–Crippen MR) is 327 cm³/mol. The fraction of sp³-hybridized carbons (Fsp3) is 0.831. The number of hydrogen-bond donors (Lipinski definition) is 18. The van der Waals surface area contributed by atoms with Crippen LogP contribution in [0.4, 0.5) is 0 Å². The maximum Gasteiger partial charge on any atom is 0.483 e. The summed E-state index contributed by atoms with van der Waals surface area (Å²) in [4.78, 5) is 46.7. The van der Waals surface area contributed by atoms with E-state index in [0.717, 1.165) is 52.4 Å². The average Bonchev–Trinajstić information content (AvgIpc) is 0.774. The molecular formula is C59H102N2O32P2. The summed E-state index contributed by atoms with van der Waals surface area (Å²) in [5, 5.41) is 156. The molecule has 0 aromatic heterocycles. The number of carbonyl (C=O) groups excluding carboxylic acids is 2. The first-order valence-electron chi connectivity index (χ1n) is 31.6. The first-order valence-corrected chi connectivity index (χ1v) is 34.6. The molecule has 5 fully saturated rings. The van der Waals surface area contributed by atoms with Gasteiger partial charge in [0.2, 0.25) is 11.8 Å². The van der Waals surface area contributed by atoms with Crippen LogP contribution in [-0.2, 0) is 74.7 Å². The van der Waals surface area contributed by atoms with E-state index in [-0.39, 0.29) is 12.3 Å². The van der Waals surface area contributed by atoms with Crippen molar-refractivity contribution in [3.63, 3.8) is 0 Å². The highest BCUT2D eigenvalue weighted by atomic mass is 31.3. The highest BCUT2D eigenvalue weighted by Crippen LogP contribution is 2.61. The molecule has 0 saturated carbocycles. The third kappa shape index (κ3) is 24.5. The monoisotopic (exact) mass is 1410 g/mol. The largest absolute Gasteiger partial charge is 0.483 e. The normalized spacial score (nSPS) is 38.4. The Morgan fingerprint density at radius 3 is 1.36 bits per heavy atom. The molecule has 2 amide bonds. The number of aliphatic hydroxyl groups is 14. The molecule has 5 rings (SSSR count). The standard InChI is InChI=1S/C59H102N2O32P2/c1-28(2)13-9-14-29(3)15-10-16-30(4)17-11-18-31(5)19-12-20-32(6)21-22-83-94(78,79)93-95(80,81)92-56-41(61-34(8)67)46(72)52(38(26-65)87-56)89-55-40(60-33(7)66)45(71)53(37(25-64)86-55)90-59-51(77)54(91-58-50(76)48(74)43(69)36(24-63)85-58)44(70)39(88-59)27-82-57-49(75)47(73)42(68)35(23-62)84-57/h13,15,17,19,32,35-59,62-65,68-77H,9-12,14,16,18,20-27H2,1-8H3,(H,60,66)(H,61,67)(H,78,79)(H,80,81)/b29-15+,30-17+,31-19-/t32?,35-,36-,37-,38-,39-,40-,41-,42-,43-,44-,45-,46-,47+,48+,49+,50+,51+,52-,53-,54+,55+,56-,57+,58-,59+/m1/s1. The van der Waals surface area contributed by atoms with Gasteiger partial charge in [-0.15, -0.1) is 0 Å². The summed E-state index contributed by atoms with van der Waals surface area (Å²) in [6, 6.07) is -3.84. The number of ether oxygens (including phenoxy) is 9. The molecule has 5 saturated heterocycles. The van der Waals surface area contributed by atoms with Crippen LogP contribution in [0.2, 0.25) is 0 Å². The van der Waals surface area contributed by atoms with Gasteiger partial charge in [0, 0.05) is 13.8 Å². The van der Waals surface area contributed by atoms with Crippen LogP contribution in [0.25, 0.3) is 0 Å². The van der Waals surface area contributed by atoms with Gasteiger partial charge in [-0.25, -0.2) is 9.13 Å². The number of carbonyl (C=O) groups is 2. The van der Waals surface area contributed by atoms with E-state index in [2.05, 4.69) is 73.9 Å². The maximum atomic E-state index is 13.4. The first-order chi connectivity index (χ1) is 44.7. The molecule has 0 aliphatic carbocycles. The molecule has 0 bridgehead atoms. The molecule has 5 aliphatic rings. The minimum Gasteiger partial charge on any atom is -0.394 e. The Morgan fingerprint density at radius 2 is 0.863 bits per heavy atom. The summed E-state index contributed by atoms with van der Waals surface area (Å²) in [5.74, 6) is -1.87. The lowest BCUT2D eigenvalue weighted by molar-refractivity contribution is -0.383. The van der Waals surface area contributed by atoms with Crippen LogP contribution in [0, 0.1) is 5.92 Å². The Kier molecular flexibility index (Phi) is 33.9. The van der Waals surface area contributed by atoms with Gasteiger partial charge in [0.05, 0.1) is 39.6 Å². The van der Waals surface area contributed by atoms with Crippen molar-refractivity contribution in [2.75, 3.05) is 39.6 Å². The molecule has 34 nitrogen and oxygen atoms in total. The molecule has 3 unspecified atom stereocenters. The SMILES string of the molecule is CC(=O)N[C@H]1[C@H](O[C@H]2[C@H](O)[C@@H](NC(C)=O)[C@@H](OP(=O)(O)OP(=O)(O)OCCC(C)CC/C=C(/C)CC/C=C(\C)CC/C=C(\C)CCC=C(C)C)O[C@@H]2CO)O[C@H](CO)[C@@H](O[C@@H]2O[C@H](CO[C@H]3O[C@H](CO)[C@@H](O)[C@H](O)[C@@H]3O)[C@@H](O)[C@H](O[C@H]3O[C@H](CO)[C@@H](O)[C@H](O)[C@@H]3O)[C@@H]2O)[C@@H]1O. The van der Waals surface area contributed by atoms with E-state index in [1.165, 1.54) is 22.3 Å². The Balaban J connectivity index is 1.24. The lowest BCUT2D eigenvalue weighted by Gasteiger charge is -2.50. The van der Waals surface area contributed by atoms with Crippen molar-refractivity contribution in [1.82, 2.24) is 10.6 Å². The molecular weight excluding hydrogens is 1310 g/mol. The Bertz CT molecular complexity index is 2600. The third-order valence-electron chi connectivity index (χ3n) is 16.7.